The molecule has 136 valence electrons. The molecule has 0 radical (unpaired) electrons. The van der Waals surface area contributed by atoms with Crippen LogP contribution in [0.15, 0.2) is 59.1 Å². The number of rotatable bonds is 3. The number of amides is 1. The van der Waals surface area contributed by atoms with E-state index in [1.165, 1.54) is 12.1 Å². The number of hydrogen-bond acceptors (Lipinski definition) is 5. The van der Waals surface area contributed by atoms with Gasteiger partial charge in [0.25, 0.3) is 11.6 Å². The lowest BCUT2D eigenvalue weighted by Crippen LogP contribution is -2.13. The van der Waals surface area contributed by atoms with Crippen LogP contribution in [0.3, 0.4) is 0 Å². The van der Waals surface area contributed by atoms with Gasteiger partial charge < -0.3 is 9.84 Å². The van der Waals surface area contributed by atoms with Crippen LogP contribution in [0.1, 0.15) is 21.6 Å². The number of carbonyl (C=O) groups excluding carboxylic acids is 1. The van der Waals surface area contributed by atoms with Gasteiger partial charge in [-0.15, -0.1) is 0 Å². The molecule has 2 aromatic carbocycles. The van der Waals surface area contributed by atoms with E-state index in [-0.39, 0.29) is 17.4 Å². The molecule has 2 aromatic heterocycles. The maximum Gasteiger partial charge on any atom is 0.259 e. The Kier molecular flexibility index (Phi) is 4.30. The summed E-state index contributed by atoms with van der Waals surface area (Å²) in [5.74, 6) is -0.731. The Labute approximate surface area is 159 Å². The first-order chi connectivity index (χ1) is 13.5. The van der Waals surface area contributed by atoms with Crippen molar-refractivity contribution in [3.8, 4) is 17.3 Å². The van der Waals surface area contributed by atoms with E-state index in [1.807, 2.05) is 6.07 Å². The Morgan fingerprint density at radius 1 is 1.14 bits per heavy atom. The molecule has 28 heavy (non-hydrogen) atoms. The fourth-order valence-electron chi connectivity index (χ4n) is 2.87. The second kappa shape index (κ2) is 6.93. The van der Waals surface area contributed by atoms with E-state index in [9.17, 15) is 9.18 Å². The van der Waals surface area contributed by atoms with Crippen molar-refractivity contribution in [3.63, 3.8) is 0 Å². The highest BCUT2D eigenvalue weighted by molar-refractivity contribution is 6.13. The largest absolute Gasteiger partial charge is 0.335 e. The number of nitrogens with zero attached hydrogens (tertiary/aromatic N) is 3. The maximum absolute atomic E-state index is 13.2. The van der Waals surface area contributed by atoms with Gasteiger partial charge in [0.15, 0.2) is 0 Å². The Morgan fingerprint density at radius 2 is 1.86 bits per heavy atom. The van der Waals surface area contributed by atoms with Crippen molar-refractivity contribution in [3.05, 3.63) is 77.2 Å². The highest BCUT2D eigenvalue weighted by Gasteiger charge is 2.19. The zero-order valence-electron chi connectivity index (χ0n) is 14.7. The van der Waals surface area contributed by atoms with Crippen molar-refractivity contribution in [2.24, 2.45) is 0 Å². The van der Waals surface area contributed by atoms with Crippen LogP contribution in [0.25, 0.3) is 22.4 Å². The van der Waals surface area contributed by atoms with Crippen molar-refractivity contribution >= 4 is 22.7 Å². The molecule has 0 aliphatic heterocycles. The minimum Gasteiger partial charge on any atom is -0.335 e. The SMILES string of the molecule is Cc1noc2nc(-c3ccc(F)cc3)cc(C(=O)Nc3ccc(C#N)cc3)c12. The molecule has 0 atom stereocenters. The molecule has 0 aliphatic carbocycles. The van der Waals surface area contributed by atoms with Crippen molar-refractivity contribution in [2.75, 3.05) is 5.32 Å². The van der Waals surface area contributed by atoms with Crippen molar-refractivity contribution in [2.45, 2.75) is 6.92 Å². The lowest BCUT2D eigenvalue weighted by atomic mass is 10.0. The quantitative estimate of drug-likeness (QED) is 0.573. The zero-order valence-corrected chi connectivity index (χ0v) is 14.7. The number of nitrogens with one attached hydrogen (secondary N) is 1. The summed E-state index contributed by atoms with van der Waals surface area (Å²) in [4.78, 5) is 17.3. The van der Waals surface area contributed by atoms with Crippen molar-refractivity contribution in [1.29, 1.82) is 5.26 Å². The molecule has 4 aromatic rings. The van der Waals surface area contributed by atoms with Gasteiger partial charge in [0.05, 0.1) is 34.0 Å². The lowest BCUT2D eigenvalue weighted by Gasteiger charge is -2.08. The van der Waals surface area contributed by atoms with Crippen LogP contribution in [0.5, 0.6) is 0 Å². The topological polar surface area (TPSA) is 91.8 Å². The summed E-state index contributed by atoms with van der Waals surface area (Å²) in [6.07, 6.45) is 0. The molecule has 0 bridgehead atoms. The van der Waals surface area contributed by atoms with Gasteiger partial charge in [-0.05, 0) is 61.5 Å². The predicted octanol–water partition coefficient (Wildman–Crippen LogP) is 4.46. The minimum absolute atomic E-state index is 0.226. The average molecular weight is 372 g/mol. The molecule has 0 spiro atoms. The van der Waals surface area contributed by atoms with Crippen molar-refractivity contribution in [1.82, 2.24) is 10.1 Å². The highest BCUT2D eigenvalue weighted by atomic mass is 19.1. The molecule has 4 rings (SSSR count). The summed E-state index contributed by atoms with van der Waals surface area (Å²) in [7, 11) is 0. The van der Waals surface area contributed by atoms with Gasteiger partial charge in [-0.3, -0.25) is 4.79 Å². The zero-order chi connectivity index (χ0) is 19.7. The standard InChI is InChI=1S/C21H13FN4O2/c1-12-19-17(20(27)24-16-8-2-13(11-23)3-9-16)10-18(25-21(19)28-26-12)14-4-6-15(22)7-5-14/h2-10H,1H3,(H,24,27). The molecule has 0 saturated heterocycles. The van der Waals surface area contributed by atoms with Gasteiger partial charge >= 0.3 is 0 Å². The summed E-state index contributed by atoms with van der Waals surface area (Å²) in [6, 6.07) is 16.0. The van der Waals surface area contributed by atoms with E-state index in [1.54, 1.807) is 49.4 Å². The number of pyridine rings is 1. The Bertz CT molecular complexity index is 1220. The fourth-order valence-corrected chi connectivity index (χ4v) is 2.87. The average Bonchev–Trinajstić information content (AvgIpc) is 3.09. The van der Waals surface area contributed by atoms with Gasteiger partial charge in [-0.25, -0.2) is 9.37 Å². The number of hydrogen-bond donors (Lipinski definition) is 1. The molecule has 1 amide bonds. The molecular formula is C21H13FN4O2. The number of halogens is 1. The summed E-state index contributed by atoms with van der Waals surface area (Å²) in [5, 5.41) is 16.1. The van der Waals surface area contributed by atoms with Crippen LogP contribution in [-0.2, 0) is 0 Å². The van der Waals surface area contributed by atoms with Gasteiger partial charge in [0.1, 0.15) is 5.82 Å². The monoisotopic (exact) mass is 372 g/mol. The first-order valence-corrected chi connectivity index (χ1v) is 8.39. The third kappa shape index (κ3) is 3.19. The van der Waals surface area contributed by atoms with Crippen LogP contribution in [0.2, 0.25) is 0 Å². The summed E-state index contributed by atoms with van der Waals surface area (Å²) < 4.78 is 18.5. The molecule has 7 heteroatoms. The normalized spacial score (nSPS) is 10.6. The highest BCUT2D eigenvalue weighted by Crippen LogP contribution is 2.28. The third-order valence-corrected chi connectivity index (χ3v) is 4.27. The molecule has 0 aliphatic rings. The van der Waals surface area contributed by atoms with Crippen LogP contribution in [-0.4, -0.2) is 16.0 Å². The molecule has 0 unspecified atom stereocenters. The maximum atomic E-state index is 13.2. The molecule has 0 saturated carbocycles. The first-order valence-electron chi connectivity index (χ1n) is 8.39. The summed E-state index contributed by atoms with van der Waals surface area (Å²) in [6.45, 7) is 1.73. The van der Waals surface area contributed by atoms with E-state index >= 15 is 0 Å². The lowest BCUT2D eigenvalue weighted by molar-refractivity contribution is 0.102. The second-order valence-corrected chi connectivity index (χ2v) is 6.15. The van der Waals surface area contributed by atoms with Gasteiger partial charge in [0.2, 0.25) is 0 Å². The number of nitriles is 1. The first kappa shape index (κ1) is 17.4. The molecule has 0 fully saturated rings. The molecule has 6 nitrogen and oxygen atoms in total. The fraction of sp³-hybridized carbons (Fsp3) is 0.0476. The van der Waals surface area contributed by atoms with E-state index in [0.29, 0.717) is 39.2 Å². The van der Waals surface area contributed by atoms with E-state index in [4.69, 9.17) is 9.78 Å². The van der Waals surface area contributed by atoms with Crippen LogP contribution < -0.4 is 5.32 Å². The molecular weight excluding hydrogens is 359 g/mol. The van der Waals surface area contributed by atoms with Gasteiger partial charge in [0, 0.05) is 11.3 Å². The van der Waals surface area contributed by atoms with E-state index in [2.05, 4.69) is 15.5 Å². The van der Waals surface area contributed by atoms with Crippen LogP contribution in [0, 0.1) is 24.1 Å². The summed E-state index contributed by atoms with van der Waals surface area (Å²) in [5.41, 5.74) is 3.26. The minimum atomic E-state index is -0.369. The number of aryl methyl sites for hydroxylation is 1. The van der Waals surface area contributed by atoms with Gasteiger partial charge in [-0.1, -0.05) is 5.16 Å². The number of benzene rings is 2. The number of carbonyl (C=O) groups is 1. The number of aromatic nitrogens is 2. The number of fused-ring (bicyclic) bond motifs is 1. The van der Waals surface area contributed by atoms with Crippen LogP contribution >= 0.6 is 0 Å². The van der Waals surface area contributed by atoms with E-state index in [0.717, 1.165) is 0 Å². The van der Waals surface area contributed by atoms with Gasteiger partial charge in [-0.2, -0.15) is 5.26 Å². The number of anilines is 1. The van der Waals surface area contributed by atoms with Crippen molar-refractivity contribution < 1.29 is 13.7 Å². The Balaban J connectivity index is 1.77. The molecule has 2 heterocycles. The Morgan fingerprint density at radius 3 is 2.54 bits per heavy atom. The van der Waals surface area contributed by atoms with Crippen LogP contribution in [0.4, 0.5) is 10.1 Å². The second-order valence-electron chi connectivity index (χ2n) is 6.15. The van der Waals surface area contributed by atoms with E-state index < -0.39 is 0 Å². The smallest absolute Gasteiger partial charge is 0.259 e. The Hall–Kier alpha value is -4.05. The third-order valence-electron chi connectivity index (χ3n) is 4.27. The summed E-state index contributed by atoms with van der Waals surface area (Å²) >= 11 is 0. The predicted molar refractivity (Wildman–Crippen MR) is 101 cm³/mol. The molecule has 1 N–H and O–H groups in total.